The minimum absolute atomic E-state index is 0.743. The minimum Gasteiger partial charge on any atom is -0.432 e. The van der Waals surface area contributed by atoms with Crippen molar-refractivity contribution in [3.63, 3.8) is 0 Å². The van der Waals surface area contributed by atoms with Crippen molar-refractivity contribution in [1.29, 1.82) is 0 Å². The van der Waals surface area contributed by atoms with Gasteiger partial charge in [-0.3, -0.25) is 0 Å². The molecule has 0 spiro atoms. The lowest BCUT2D eigenvalue weighted by Crippen LogP contribution is -2.27. The molecular weight excluding hydrogens is 190 g/mol. The highest BCUT2D eigenvalue weighted by molar-refractivity contribution is 5.30. The number of anilines is 1. The van der Waals surface area contributed by atoms with Crippen LogP contribution >= 0.6 is 0 Å². The van der Waals surface area contributed by atoms with Crippen LogP contribution in [0.4, 0.5) is 6.01 Å². The summed E-state index contributed by atoms with van der Waals surface area (Å²) in [7, 11) is 0. The molecule has 0 unspecified atom stereocenters. The Morgan fingerprint density at radius 3 is 3.20 bits per heavy atom. The van der Waals surface area contributed by atoms with E-state index in [0.29, 0.717) is 0 Å². The zero-order chi connectivity index (χ0) is 10.5. The number of nitrogens with zero attached hydrogens (tertiary/aromatic N) is 2. The highest BCUT2D eigenvalue weighted by Crippen LogP contribution is 2.15. The zero-order valence-corrected chi connectivity index (χ0v) is 9.07. The fourth-order valence-electron chi connectivity index (χ4n) is 1.59. The average Bonchev–Trinajstić information content (AvgIpc) is 2.76. The summed E-state index contributed by atoms with van der Waals surface area (Å²) in [5, 5.41) is 3.23. The first-order valence-electron chi connectivity index (χ1n) is 5.45. The fraction of sp³-hybridized carbons (Fsp3) is 0.545. The Hall–Kier alpha value is -1.29. The van der Waals surface area contributed by atoms with Gasteiger partial charge in [-0.05, 0) is 13.0 Å². The maximum atomic E-state index is 5.44. The summed E-state index contributed by atoms with van der Waals surface area (Å²) >= 11 is 0. The molecule has 0 bridgehead atoms. The molecule has 1 aliphatic rings. The Labute approximate surface area is 90.0 Å². The van der Waals surface area contributed by atoms with E-state index >= 15 is 0 Å². The first-order chi connectivity index (χ1) is 7.40. The second kappa shape index (κ2) is 4.98. The molecule has 4 nitrogen and oxygen atoms in total. The molecule has 82 valence electrons. The lowest BCUT2D eigenvalue weighted by atomic mass is 10.3. The van der Waals surface area contributed by atoms with Gasteiger partial charge in [-0.15, -0.1) is 0 Å². The fourth-order valence-corrected chi connectivity index (χ4v) is 1.59. The maximum absolute atomic E-state index is 5.44. The summed E-state index contributed by atoms with van der Waals surface area (Å²) in [5.41, 5.74) is 0.974. The van der Waals surface area contributed by atoms with Gasteiger partial charge < -0.3 is 14.6 Å². The van der Waals surface area contributed by atoms with Crippen molar-refractivity contribution in [2.24, 2.45) is 0 Å². The molecule has 0 saturated heterocycles. The monoisotopic (exact) mass is 207 g/mol. The summed E-state index contributed by atoms with van der Waals surface area (Å²) in [4.78, 5) is 6.58. The number of rotatable bonds is 4. The van der Waals surface area contributed by atoms with Gasteiger partial charge in [0.2, 0.25) is 0 Å². The van der Waals surface area contributed by atoms with Gasteiger partial charge in [-0.25, -0.2) is 0 Å². The topological polar surface area (TPSA) is 41.3 Å². The molecule has 0 saturated carbocycles. The van der Waals surface area contributed by atoms with Crippen molar-refractivity contribution >= 4 is 6.01 Å². The Balaban J connectivity index is 1.96. The van der Waals surface area contributed by atoms with E-state index in [2.05, 4.69) is 34.3 Å². The van der Waals surface area contributed by atoms with Crippen molar-refractivity contribution in [3.05, 3.63) is 24.1 Å². The normalized spacial score (nSPS) is 15.9. The van der Waals surface area contributed by atoms with Crippen LogP contribution in [0.3, 0.4) is 0 Å². The van der Waals surface area contributed by atoms with E-state index in [1.54, 1.807) is 6.26 Å². The van der Waals surface area contributed by atoms with Crippen LogP contribution in [0.1, 0.15) is 19.0 Å². The molecule has 0 aliphatic carbocycles. The van der Waals surface area contributed by atoms with Crippen LogP contribution in [0.2, 0.25) is 0 Å². The molecule has 1 aliphatic heterocycles. The van der Waals surface area contributed by atoms with Crippen molar-refractivity contribution in [2.45, 2.75) is 19.9 Å². The first-order valence-corrected chi connectivity index (χ1v) is 5.45. The molecule has 0 amide bonds. The predicted molar refractivity (Wildman–Crippen MR) is 59.9 cm³/mol. The Morgan fingerprint density at radius 2 is 2.47 bits per heavy atom. The SMILES string of the molecule is CCNCc1coc(N2CC=CCC2)n1. The smallest absolute Gasteiger partial charge is 0.297 e. The van der Waals surface area contributed by atoms with Gasteiger partial charge in [0, 0.05) is 19.6 Å². The van der Waals surface area contributed by atoms with E-state index in [9.17, 15) is 0 Å². The highest BCUT2D eigenvalue weighted by Gasteiger charge is 2.12. The summed E-state index contributed by atoms with van der Waals surface area (Å²) in [5.74, 6) is 0. The Bertz CT molecular complexity index is 332. The standard InChI is InChI=1S/C11H17N3O/c1-2-12-8-10-9-15-11(13-10)14-6-4-3-5-7-14/h3-4,9,12H,2,5-8H2,1H3. The molecular formula is C11H17N3O. The van der Waals surface area contributed by atoms with Crippen molar-refractivity contribution in [3.8, 4) is 0 Å². The van der Waals surface area contributed by atoms with Gasteiger partial charge >= 0.3 is 0 Å². The van der Waals surface area contributed by atoms with E-state index in [1.807, 2.05) is 0 Å². The number of nitrogens with one attached hydrogen (secondary N) is 1. The third-order valence-corrected chi connectivity index (χ3v) is 2.42. The third-order valence-electron chi connectivity index (χ3n) is 2.42. The van der Waals surface area contributed by atoms with Crippen LogP contribution < -0.4 is 10.2 Å². The highest BCUT2D eigenvalue weighted by atomic mass is 16.4. The lowest BCUT2D eigenvalue weighted by molar-refractivity contribution is 0.536. The molecule has 0 aromatic carbocycles. The van der Waals surface area contributed by atoms with E-state index in [4.69, 9.17) is 4.42 Å². The summed E-state index contributed by atoms with van der Waals surface area (Å²) in [6, 6.07) is 0.743. The number of hydrogen-bond donors (Lipinski definition) is 1. The van der Waals surface area contributed by atoms with Crippen LogP contribution in [0, 0.1) is 0 Å². The molecule has 0 fully saturated rings. The lowest BCUT2D eigenvalue weighted by Gasteiger charge is -2.20. The first kappa shape index (κ1) is 10.2. The van der Waals surface area contributed by atoms with Gasteiger partial charge in [0.05, 0.1) is 5.69 Å². The quantitative estimate of drug-likeness (QED) is 0.761. The van der Waals surface area contributed by atoms with E-state index in [1.165, 1.54) is 0 Å². The third kappa shape index (κ3) is 2.59. The molecule has 0 radical (unpaired) electrons. The van der Waals surface area contributed by atoms with Crippen LogP contribution in [0.15, 0.2) is 22.8 Å². The van der Waals surface area contributed by atoms with Crippen LogP contribution in [-0.4, -0.2) is 24.6 Å². The molecule has 15 heavy (non-hydrogen) atoms. The molecule has 2 heterocycles. The largest absolute Gasteiger partial charge is 0.432 e. The summed E-state index contributed by atoms with van der Waals surface area (Å²) in [6.07, 6.45) is 7.15. The van der Waals surface area contributed by atoms with Crippen molar-refractivity contribution < 1.29 is 4.42 Å². The van der Waals surface area contributed by atoms with Gasteiger partial charge in [-0.2, -0.15) is 4.98 Å². The van der Waals surface area contributed by atoms with Gasteiger partial charge in [-0.1, -0.05) is 19.1 Å². The zero-order valence-electron chi connectivity index (χ0n) is 9.07. The number of oxazole rings is 1. The van der Waals surface area contributed by atoms with Gasteiger partial charge in [0.25, 0.3) is 6.01 Å². The molecule has 1 N–H and O–H groups in total. The maximum Gasteiger partial charge on any atom is 0.297 e. The predicted octanol–water partition coefficient (Wildman–Crippen LogP) is 1.55. The second-order valence-electron chi connectivity index (χ2n) is 3.61. The number of hydrogen-bond acceptors (Lipinski definition) is 4. The molecule has 1 aromatic heterocycles. The Kier molecular flexibility index (Phi) is 3.40. The van der Waals surface area contributed by atoms with Gasteiger partial charge in [0.15, 0.2) is 0 Å². The van der Waals surface area contributed by atoms with Crippen molar-refractivity contribution in [2.75, 3.05) is 24.5 Å². The van der Waals surface area contributed by atoms with E-state index in [0.717, 1.165) is 44.3 Å². The Morgan fingerprint density at radius 1 is 1.53 bits per heavy atom. The van der Waals surface area contributed by atoms with E-state index in [-0.39, 0.29) is 0 Å². The minimum atomic E-state index is 0.743. The second-order valence-corrected chi connectivity index (χ2v) is 3.61. The molecule has 1 aromatic rings. The van der Waals surface area contributed by atoms with Crippen LogP contribution in [0.25, 0.3) is 0 Å². The molecule has 2 rings (SSSR count). The number of aromatic nitrogens is 1. The van der Waals surface area contributed by atoms with Gasteiger partial charge in [0.1, 0.15) is 6.26 Å². The summed E-state index contributed by atoms with van der Waals surface area (Å²) < 4.78 is 5.44. The average molecular weight is 207 g/mol. The van der Waals surface area contributed by atoms with Crippen molar-refractivity contribution in [1.82, 2.24) is 10.3 Å². The van der Waals surface area contributed by atoms with Crippen LogP contribution in [0.5, 0.6) is 0 Å². The molecule has 4 heteroatoms. The molecule has 0 atom stereocenters. The van der Waals surface area contributed by atoms with Crippen LogP contribution in [-0.2, 0) is 6.54 Å². The van der Waals surface area contributed by atoms with E-state index < -0.39 is 0 Å². The summed E-state index contributed by atoms with van der Waals surface area (Å²) in [6.45, 7) is 5.72.